The highest BCUT2D eigenvalue weighted by molar-refractivity contribution is 7.19. The smallest absolute Gasteiger partial charge is 0.389 e. The van der Waals surface area contributed by atoms with Crippen LogP contribution in [0.4, 0.5) is 29.0 Å². The van der Waals surface area contributed by atoms with Crippen molar-refractivity contribution in [2.75, 3.05) is 11.1 Å². The van der Waals surface area contributed by atoms with Crippen molar-refractivity contribution in [1.82, 2.24) is 4.98 Å². The van der Waals surface area contributed by atoms with Gasteiger partial charge in [-0.2, -0.15) is 13.2 Å². The summed E-state index contributed by atoms with van der Waals surface area (Å²) in [5, 5.41) is 3.72. The SMILES string of the molecule is Nc1cnc(Nc2cccc(C(F)(F)F)c2)s1. The first-order chi connectivity index (χ1) is 7.95. The van der Waals surface area contributed by atoms with Crippen LogP contribution in [0.15, 0.2) is 30.5 Å². The van der Waals surface area contributed by atoms with Gasteiger partial charge >= 0.3 is 6.18 Å². The minimum absolute atomic E-state index is 0.328. The number of alkyl halides is 3. The number of hydrogen-bond donors (Lipinski definition) is 2. The third kappa shape index (κ3) is 2.88. The Balaban J connectivity index is 2.22. The number of hydrogen-bond acceptors (Lipinski definition) is 4. The van der Waals surface area contributed by atoms with Crippen LogP contribution >= 0.6 is 11.3 Å². The highest BCUT2D eigenvalue weighted by Gasteiger charge is 2.30. The molecule has 0 saturated carbocycles. The third-order valence-electron chi connectivity index (χ3n) is 1.96. The van der Waals surface area contributed by atoms with Gasteiger partial charge in [-0.25, -0.2) is 4.98 Å². The van der Waals surface area contributed by atoms with Crippen LogP contribution in [0.1, 0.15) is 5.56 Å². The van der Waals surface area contributed by atoms with Gasteiger partial charge in [-0.3, -0.25) is 0 Å². The monoisotopic (exact) mass is 259 g/mol. The van der Waals surface area contributed by atoms with Crippen molar-refractivity contribution in [3.8, 4) is 0 Å². The van der Waals surface area contributed by atoms with Gasteiger partial charge in [-0.05, 0) is 18.2 Å². The van der Waals surface area contributed by atoms with Crippen molar-refractivity contribution in [3.63, 3.8) is 0 Å². The molecule has 7 heteroatoms. The fraction of sp³-hybridized carbons (Fsp3) is 0.100. The van der Waals surface area contributed by atoms with Crippen LogP contribution in [0.5, 0.6) is 0 Å². The molecular weight excluding hydrogens is 251 g/mol. The highest BCUT2D eigenvalue weighted by Crippen LogP contribution is 2.32. The molecule has 0 bridgehead atoms. The minimum Gasteiger partial charge on any atom is -0.389 e. The average molecular weight is 259 g/mol. The molecule has 3 nitrogen and oxygen atoms in total. The van der Waals surface area contributed by atoms with E-state index in [-0.39, 0.29) is 0 Å². The second kappa shape index (κ2) is 4.25. The Morgan fingerprint density at radius 1 is 1.29 bits per heavy atom. The van der Waals surface area contributed by atoms with Crippen molar-refractivity contribution >= 4 is 27.2 Å². The fourth-order valence-corrected chi connectivity index (χ4v) is 1.84. The molecule has 17 heavy (non-hydrogen) atoms. The van der Waals surface area contributed by atoms with Crippen LogP contribution in [0.2, 0.25) is 0 Å². The predicted molar refractivity (Wildman–Crippen MR) is 61.3 cm³/mol. The number of thiazole rings is 1. The predicted octanol–water partition coefficient (Wildman–Crippen LogP) is 3.49. The number of rotatable bonds is 2. The maximum atomic E-state index is 12.4. The molecule has 0 unspecified atom stereocenters. The number of nitrogens with zero attached hydrogens (tertiary/aromatic N) is 1. The van der Waals surface area contributed by atoms with E-state index in [9.17, 15) is 13.2 Å². The maximum Gasteiger partial charge on any atom is 0.416 e. The van der Waals surface area contributed by atoms with Gasteiger partial charge in [0.05, 0.1) is 11.8 Å². The van der Waals surface area contributed by atoms with E-state index in [1.165, 1.54) is 29.7 Å². The molecule has 0 saturated heterocycles. The number of halogens is 3. The molecule has 2 aromatic rings. The quantitative estimate of drug-likeness (QED) is 0.868. The minimum atomic E-state index is -4.35. The summed E-state index contributed by atoms with van der Waals surface area (Å²) in [6, 6.07) is 4.91. The first-order valence-electron chi connectivity index (χ1n) is 4.61. The van der Waals surface area contributed by atoms with Crippen molar-refractivity contribution in [2.24, 2.45) is 0 Å². The van der Waals surface area contributed by atoms with E-state index < -0.39 is 11.7 Å². The summed E-state index contributed by atoms with van der Waals surface area (Å²) < 4.78 is 37.3. The molecule has 1 aromatic heterocycles. The Morgan fingerprint density at radius 3 is 2.65 bits per heavy atom. The van der Waals surface area contributed by atoms with E-state index >= 15 is 0 Å². The van der Waals surface area contributed by atoms with Crippen molar-refractivity contribution in [3.05, 3.63) is 36.0 Å². The molecule has 0 aliphatic rings. The summed E-state index contributed by atoms with van der Waals surface area (Å²) >= 11 is 1.17. The number of nitrogens with two attached hydrogens (primary N) is 1. The van der Waals surface area contributed by atoms with E-state index in [0.29, 0.717) is 15.8 Å². The Labute approximate surface area is 99.1 Å². The summed E-state index contributed by atoms with van der Waals surface area (Å²) in [7, 11) is 0. The van der Waals surface area contributed by atoms with E-state index in [4.69, 9.17) is 5.73 Å². The highest BCUT2D eigenvalue weighted by atomic mass is 32.1. The first kappa shape index (κ1) is 11.7. The number of aromatic nitrogens is 1. The summed E-state index contributed by atoms with van der Waals surface area (Å²) in [6.45, 7) is 0. The molecule has 0 amide bonds. The van der Waals surface area contributed by atoms with Gasteiger partial charge in [0.25, 0.3) is 0 Å². The lowest BCUT2D eigenvalue weighted by molar-refractivity contribution is -0.137. The standard InChI is InChI=1S/C10H8F3N3S/c11-10(12,13)6-2-1-3-7(4-6)16-9-15-5-8(14)17-9/h1-5H,14H2,(H,15,16). The zero-order chi connectivity index (χ0) is 12.5. The number of nitrogens with one attached hydrogen (secondary N) is 1. The number of nitrogen functional groups attached to an aromatic ring is 1. The van der Waals surface area contributed by atoms with Crippen LogP contribution in [0.3, 0.4) is 0 Å². The van der Waals surface area contributed by atoms with Crippen LogP contribution in [0.25, 0.3) is 0 Å². The van der Waals surface area contributed by atoms with E-state index in [1.54, 1.807) is 0 Å². The van der Waals surface area contributed by atoms with Gasteiger partial charge < -0.3 is 11.1 Å². The summed E-state index contributed by atoms with van der Waals surface area (Å²) in [4.78, 5) is 3.90. The van der Waals surface area contributed by atoms with Crippen LogP contribution in [-0.4, -0.2) is 4.98 Å². The lowest BCUT2D eigenvalue weighted by atomic mass is 10.2. The van der Waals surface area contributed by atoms with E-state index in [0.717, 1.165) is 12.1 Å². The average Bonchev–Trinajstić information content (AvgIpc) is 2.63. The van der Waals surface area contributed by atoms with Crippen molar-refractivity contribution in [1.29, 1.82) is 0 Å². The molecule has 1 aromatic carbocycles. The Hall–Kier alpha value is -1.76. The molecule has 0 atom stereocenters. The molecule has 0 spiro atoms. The topological polar surface area (TPSA) is 50.9 Å². The Kier molecular flexibility index (Phi) is 2.93. The lowest BCUT2D eigenvalue weighted by Crippen LogP contribution is -2.05. The fourth-order valence-electron chi connectivity index (χ4n) is 1.24. The van der Waals surface area contributed by atoms with Crippen LogP contribution in [0, 0.1) is 0 Å². The second-order valence-electron chi connectivity index (χ2n) is 3.27. The molecule has 0 aliphatic carbocycles. The largest absolute Gasteiger partial charge is 0.416 e. The summed E-state index contributed by atoms with van der Waals surface area (Å²) in [5.41, 5.74) is 5.09. The molecule has 0 aliphatic heterocycles. The molecule has 2 rings (SSSR count). The molecule has 3 N–H and O–H groups in total. The van der Waals surface area contributed by atoms with Gasteiger partial charge in [0.2, 0.25) is 0 Å². The van der Waals surface area contributed by atoms with Gasteiger partial charge in [0, 0.05) is 5.69 Å². The Morgan fingerprint density at radius 2 is 2.06 bits per heavy atom. The van der Waals surface area contributed by atoms with Gasteiger partial charge in [-0.1, -0.05) is 17.4 Å². The van der Waals surface area contributed by atoms with Crippen LogP contribution in [-0.2, 0) is 6.18 Å². The zero-order valence-corrected chi connectivity index (χ0v) is 9.27. The second-order valence-corrected chi connectivity index (χ2v) is 4.33. The molecule has 90 valence electrons. The van der Waals surface area contributed by atoms with Gasteiger partial charge in [0.15, 0.2) is 5.13 Å². The van der Waals surface area contributed by atoms with Crippen LogP contribution < -0.4 is 11.1 Å². The lowest BCUT2D eigenvalue weighted by Gasteiger charge is -2.08. The third-order valence-corrected chi connectivity index (χ3v) is 2.71. The van der Waals surface area contributed by atoms with E-state index in [1.807, 2.05) is 0 Å². The molecule has 1 heterocycles. The van der Waals surface area contributed by atoms with Crippen molar-refractivity contribution < 1.29 is 13.2 Å². The normalized spacial score (nSPS) is 11.5. The van der Waals surface area contributed by atoms with E-state index in [2.05, 4.69) is 10.3 Å². The maximum absolute atomic E-state index is 12.4. The number of anilines is 3. The molecule has 0 fully saturated rings. The van der Waals surface area contributed by atoms with Gasteiger partial charge in [0.1, 0.15) is 5.00 Å². The molecular formula is C10H8F3N3S. The zero-order valence-electron chi connectivity index (χ0n) is 8.45. The first-order valence-corrected chi connectivity index (χ1v) is 5.42. The summed E-state index contributed by atoms with van der Waals surface area (Å²) in [6.07, 6.45) is -2.90. The Bertz CT molecular complexity index is 522. The summed E-state index contributed by atoms with van der Waals surface area (Å²) in [5.74, 6) is 0. The number of benzene rings is 1. The van der Waals surface area contributed by atoms with Crippen molar-refractivity contribution in [2.45, 2.75) is 6.18 Å². The molecule has 0 radical (unpaired) electrons. The van der Waals surface area contributed by atoms with Gasteiger partial charge in [-0.15, -0.1) is 0 Å².